The Morgan fingerprint density at radius 3 is 2.63 bits per heavy atom. The molecule has 0 bridgehead atoms. The number of nitrogens with one attached hydrogen (secondary N) is 1. The number of halogens is 2. The molecule has 1 heterocycles. The van der Waals surface area contributed by atoms with Gasteiger partial charge in [-0.1, -0.05) is 19.3 Å². The molecule has 0 spiro atoms. The Balaban J connectivity index is 1.88. The lowest BCUT2D eigenvalue weighted by Gasteiger charge is -2.35. The van der Waals surface area contributed by atoms with Gasteiger partial charge in [0, 0.05) is 40.3 Å². The van der Waals surface area contributed by atoms with E-state index in [0.717, 1.165) is 40.6 Å². The van der Waals surface area contributed by atoms with Crippen LogP contribution in [-0.2, 0) is 6.54 Å². The molecular weight excluding hydrogens is 372 g/mol. The van der Waals surface area contributed by atoms with Crippen molar-refractivity contribution in [3.05, 3.63) is 26.9 Å². The van der Waals surface area contributed by atoms with Crippen LogP contribution in [-0.4, -0.2) is 23.2 Å². The average molecular weight is 392 g/mol. The third-order valence-electron chi connectivity index (χ3n) is 3.93. The van der Waals surface area contributed by atoms with E-state index in [1.165, 1.54) is 19.3 Å². The van der Waals surface area contributed by atoms with Crippen molar-refractivity contribution in [1.29, 1.82) is 0 Å². The molecule has 0 amide bonds. The van der Waals surface area contributed by atoms with E-state index in [4.69, 9.17) is 0 Å². The number of rotatable bonds is 5. The third-order valence-corrected chi connectivity index (χ3v) is 5.05. The maximum atomic E-state index is 9.66. The average Bonchev–Trinajstić information content (AvgIpc) is 2.42. The standard InChI is InChI=1S/C14H20Br2N2O/c15-11-6-12(16)13(18-7-11)8-17-9-14(10-19)4-2-1-3-5-14/h6-7,17,19H,1-5,8-10H2. The molecule has 1 aliphatic carbocycles. The molecule has 3 nitrogen and oxygen atoms in total. The molecule has 0 aromatic carbocycles. The van der Waals surface area contributed by atoms with Gasteiger partial charge in [0.25, 0.3) is 0 Å². The van der Waals surface area contributed by atoms with Gasteiger partial charge < -0.3 is 10.4 Å². The minimum atomic E-state index is 0.0834. The predicted octanol–water partition coefficient (Wildman–Crippen LogP) is 3.64. The van der Waals surface area contributed by atoms with Crippen molar-refractivity contribution < 1.29 is 5.11 Å². The normalized spacial score (nSPS) is 18.5. The van der Waals surface area contributed by atoms with Crippen LogP contribution >= 0.6 is 31.9 Å². The summed E-state index contributed by atoms with van der Waals surface area (Å²) < 4.78 is 1.98. The van der Waals surface area contributed by atoms with Crippen LogP contribution in [0.1, 0.15) is 37.8 Å². The number of hydrogen-bond acceptors (Lipinski definition) is 3. The summed E-state index contributed by atoms with van der Waals surface area (Å²) in [5.74, 6) is 0. The molecule has 0 saturated heterocycles. The van der Waals surface area contributed by atoms with Crippen molar-refractivity contribution in [2.45, 2.75) is 38.6 Å². The Hall–Kier alpha value is 0.0300. The summed E-state index contributed by atoms with van der Waals surface area (Å²) >= 11 is 6.92. The molecule has 1 aromatic heterocycles. The van der Waals surface area contributed by atoms with Gasteiger partial charge in [-0.25, -0.2) is 0 Å². The topological polar surface area (TPSA) is 45.1 Å². The number of aliphatic hydroxyl groups is 1. The van der Waals surface area contributed by atoms with Crippen LogP contribution in [0.5, 0.6) is 0 Å². The van der Waals surface area contributed by atoms with Gasteiger partial charge in [-0.05, 0) is 50.8 Å². The van der Waals surface area contributed by atoms with E-state index >= 15 is 0 Å². The highest BCUT2D eigenvalue weighted by atomic mass is 79.9. The fraction of sp³-hybridized carbons (Fsp3) is 0.643. The second-order valence-electron chi connectivity index (χ2n) is 5.40. The molecule has 0 aliphatic heterocycles. The second-order valence-corrected chi connectivity index (χ2v) is 7.17. The summed E-state index contributed by atoms with van der Waals surface area (Å²) in [6.45, 7) is 1.89. The largest absolute Gasteiger partial charge is 0.396 e. The number of aliphatic hydroxyl groups excluding tert-OH is 1. The van der Waals surface area contributed by atoms with Gasteiger partial charge in [-0.3, -0.25) is 4.98 Å². The van der Waals surface area contributed by atoms with Crippen LogP contribution in [0.4, 0.5) is 0 Å². The van der Waals surface area contributed by atoms with Crippen LogP contribution in [0.2, 0.25) is 0 Å². The smallest absolute Gasteiger partial charge is 0.0684 e. The molecule has 106 valence electrons. The van der Waals surface area contributed by atoms with Crippen LogP contribution in [0.25, 0.3) is 0 Å². The summed E-state index contributed by atoms with van der Waals surface area (Å²) in [6, 6.07) is 2.01. The molecule has 1 aromatic rings. The Bertz CT molecular complexity index is 420. The molecule has 0 atom stereocenters. The maximum Gasteiger partial charge on any atom is 0.0684 e. The number of pyridine rings is 1. The Morgan fingerprint density at radius 1 is 1.26 bits per heavy atom. The van der Waals surface area contributed by atoms with Crippen molar-refractivity contribution in [3.8, 4) is 0 Å². The van der Waals surface area contributed by atoms with E-state index in [1.807, 2.05) is 12.3 Å². The lowest BCUT2D eigenvalue weighted by atomic mass is 9.74. The SMILES string of the molecule is OCC1(CNCc2ncc(Br)cc2Br)CCCCC1. The highest BCUT2D eigenvalue weighted by Crippen LogP contribution is 2.35. The fourth-order valence-electron chi connectivity index (χ4n) is 2.71. The van der Waals surface area contributed by atoms with Crippen LogP contribution in [0.3, 0.4) is 0 Å². The monoisotopic (exact) mass is 390 g/mol. The molecule has 1 aliphatic rings. The minimum absolute atomic E-state index is 0.0834. The van der Waals surface area contributed by atoms with E-state index in [9.17, 15) is 5.11 Å². The zero-order valence-electron chi connectivity index (χ0n) is 11.0. The van der Waals surface area contributed by atoms with Crippen molar-refractivity contribution in [2.24, 2.45) is 5.41 Å². The lowest BCUT2D eigenvalue weighted by Crippen LogP contribution is -2.39. The van der Waals surface area contributed by atoms with E-state index < -0.39 is 0 Å². The van der Waals surface area contributed by atoms with Crippen LogP contribution in [0, 0.1) is 5.41 Å². The van der Waals surface area contributed by atoms with Gasteiger partial charge in [0.2, 0.25) is 0 Å². The predicted molar refractivity (Wildman–Crippen MR) is 83.9 cm³/mol. The first kappa shape index (κ1) is 15.4. The van der Waals surface area contributed by atoms with Gasteiger partial charge in [0.1, 0.15) is 0 Å². The summed E-state index contributed by atoms with van der Waals surface area (Å²) in [5.41, 5.74) is 1.09. The summed E-state index contributed by atoms with van der Waals surface area (Å²) in [7, 11) is 0. The first-order valence-electron chi connectivity index (χ1n) is 6.77. The van der Waals surface area contributed by atoms with Crippen molar-refractivity contribution >= 4 is 31.9 Å². The second kappa shape index (κ2) is 7.16. The summed E-state index contributed by atoms with van der Waals surface area (Å²) in [4.78, 5) is 4.39. The zero-order chi connectivity index (χ0) is 13.7. The van der Waals surface area contributed by atoms with Gasteiger partial charge in [-0.2, -0.15) is 0 Å². The Labute approximate surface area is 131 Å². The Morgan fingerprint density at radius 2 is 2.00 bits per heavy atom. The summed E-state index contributed by atoms with van der Waals surface area (Å²) in [5, 5.41) is 13.1. The quantitative estimate of drug-likeness (QED) is 0.805. The van der Waals surface area contributed by atoms with Crippen molar-refractivity contribution in [3.63, 3.8) is 0 Å². The molecule has 19 heavy (non-hydrogen) atoms. The molecule has 0 unspecified atom stereocenters. The molecule has 1 fully saturated rings. The first-order valence-corrected chi connectivity index (χ1v) is 8.35. The third kappa shape index (κ3) is 4.25. The first-order chi connectivity index (χ1) is 9.15. The van der Waals surface area contributed by atoms with E-state index in [0.29, 0.717) is 0 Å². The van der Waals surface area contributed by atoms with E-state index in [-0.39, 0.29) is 12.0 Å². The van der Waals surface area contributed by atoms with Gasteiger partial charge in [-0.15, -0.1) is 0 Å². The molecule has 5 heteroatoms. The lowest BCUT2D eigenvalue weighted by molar-refractivity contribution is 0.0809. The van der Waals surface area contributed by atoms with Gasteiger partial charge >= 0.3 is 0 Å². The number of aromatic nitrogens is 1. The highest BCUT2D eigenvalue weighted by Gasteiger charge is 2.30. The zero-order valence-corrected chi connectivity index (χ0v) is 14.1. The molecule has 2 N–H and O–H groups in total. The fourth-order valence-corrected chi connectivity index (χ4v) is 3.84. The maximum absolute atomic E-state index is 9.66. The molecule has 2 rings (SSSR count). The minimum Gasteiger partial charge on any atom is -0.396 e. The highest BCUT2D eigenvalue weighted by molar-refractivity contribution is 9.11. The van der Waals surface area contributed by atoms with Gasteiger partial charge in [0.05, 0.1) is 5.69 Å². The summed E-state index contributed by atoms with van der Waals surface area (Å²) in [6.07, 6.45) is 7.85. The van der Waals surface area contributed by atoms with Crippen molar-refractivity contribution in [2.75, 3.05) is 13.2 Å². The number of hydrogen-bond donors (Lipinski definition) is 2. The number of nitrogens with zero attached hydrogens (tertiary/aromatic N) is 1. The van der Waals surface area contributed by atoms with Crippen molar-refractivity contribution in [1.82, 2.24) is 10.3 Å². The van der Waals surface area contributed by atoms with Crippen LogP contribution < -0.4 is 5.32 Å². The van der Waals surface area contributed by atoms with E-state index in [2.05, 4.69) is 42.2 Å². The van der Waals surface area contributed by atoms with E-state index in [1.54, 1.807) is 0 Å². The van der Waals surface area contributed by atoms with Gasteiger partial charge in [0.15, 0.2) is 0 Å². The Kier molecular flexibility index (Phi) is 5.81. The molecule has 0 radical (unpaired) electrons. The van der Waals surface area contributed by atoms with Crippen LogP contribution in [0.15, 0.2) is 21.2 Å². The molecule has 1 saturated carbocycles. The molecular formula is C14H20Br2N2O.